The number of ether oxygens (including phenoxy) is 1. The van der Waals surface area contributed by atoms with E-state index in [0.29, 0.717) is 18.0 Å². The monoisotopic (exact) mass is 218 g/mol. The zero-order valence-electron chi connectivity index (χ0n) is 9.36. The highest BCUT2D eigenvalue weighted by molar-refractivity contribution is 5.83. The van der Waals surface area contributed by atoms with Gasteiger partial charge in [0.15, 0.2) is 5.75 Å². The molecule has 16 heavy (non-hydrogen) atoms. The first kappa shape index (κ1) is 10.5. The van der Waals surface area contributed by atoms with Gasteiger partial charge in [-0.25, -0.2) is 0 Å². The Morgan fingerprint density at radius 2 is 2.12 bits per heavy atom. The van der Waals surface area contributed by atoms with Crippen molar-refractivity contribution in [1.82, 2.24) is 4.57 Å². The van der Waals surface area contributed by atoms with Crippen molar-refractivity contribution in [3.8, 4) is 5.75 Å². The van der Waals surface area contributed by atoms with Crippen LogP contribution in [0.25, 0.3) is 10.9 Å². The van der Waals surface area contributed by atoms with Crippen molar-refractivity contribution >= 4 is 16.6 Å². The minimum Gasteiger partial charge on any atom is -0.488 e. The summed E-state index contributed by atoms with van der Waals surface area (Å²) in [6.07, 6.45) is 0. The maximum absolute atomic E-state index is 11.9. The summed E-state index contributed by atoms with van der Waals surface area (Å²) < 4.78 is 6.86. The van der Waals surface area contributed by atoms with Gasteiger partial charge < -0.3 is 15.0 Å². The zero-order valence-corrected chi connectivity index (χ0v) is 9.36. The Bertz CT molecular complexity index is 587. The minimum atomic E-state index is -0.126. The standard InChI is InChI=1S/C12H14N2O2/c1-3-16-11-7-8-6-9(13)4-5-10(8)14(2)12(11)15/h4-7H,3,13H2,1-2H3. The number of aryl methyl sites for hydroxylation is 1. The first-order valence-electron chi connectivity index (χ1n) is 5.15. The fraction of sp³-hybridized carbons (Fsp3) is 0.250. The molecule has 2 rings (SSSR count). The van der Waals surface area contributed by atoms with Gasteiger partial charge >= 0.3 is 0 Å². The molecule has 0 atom stereocenters. The quantitative estimate of drug-likeness (QED) is 0.777. The molecule has 0 aliphatic rings. The molecule has 0 saturated carbocycles. The average molecular weight is 218 g/mol. The molecule has 0 spiro atoms. The highest BCUT2D eigenvalue weighted by Gasteiger charge is 2.07. The average Bonchev–Trinajstić information content (AvgIpc) is 2.25. The molecule has 0 saturated heterocycles. The number of benzene rings is 1. The molecule has 2 N–H and O–H groups in total. The molecule has 0 fully saturated rings. The van der Waals surface area contributed by atoms with Gasteiger partial charge in [0.25, 0.3) is 5.56 Å². The summed E-state index contributed by atoms with van der Waals surface area (Å²) >= 11 is 0. The van der Waals surface area contributed by atoms with Crippen LogP contribution in [-0.4, -0.2) is 11.2 Å². The fourth-order valence-electron chi connectivity index (χ4n) is 1.73. The second-order valence-corrected chi connectivity index (χ2v) is 3.62. The second-order valence-electron chi connectivity index (χ2n) is 3.62. The van der Waals surface area contributed by atoms with Gasteiger partial charge in [-0.05, 0) is 31.2 Å². The highest BCUT2D eigenvalue weighted by Crippen LogP contribution is 2.19. The number of nitrogens with zero attached hydrogens (tertiary/aromatic N) is 1. The minimum absolute atomic E-state index is 0.126. The Hall–Kier alpha value is -1.97. The molecule has 84 valence electrons. The zero-order chi connectivity index (χ0) is 11.7. The van der Waals surface area contributed by atoms with Crippen molar-refractivity contribution in [2.24, 2.45) is 7.05 Å². The van der Waals surface area contributed by atoms with E-state index in [1.165, 1.54) is 0 Å². The van der Waals surface area contributed by atoms with Gasteiger partial charge in [0.05, 0.1) is 12.1 Å². The van der Waals surface area contributed by atoms with Crippen molar-refractivity contribution in [3.05, 3.63) is 34.6 Å². The van der Waals surface area contributed by atoms with E-state index in [2.05, 4.69) is 0 Å². The van der Waals surface area contributed by atoms with E-state index < -0.39 is 0 Å². The van der Waals surface area contributed by atoms with Gasteiger partial charge in [0.2, 0.25) is 0 Å². The van der Waals surface area contributed by atoms with Crippen LogP contribution in [0, 0.1) is 0 Å². The number of aromatic nitrogens is 1. The second kappa shape index (κ2) is 3.89. The van der Waals surface area contributed by atoms with Crippen molar-refractivity contribution in [3.63, 3.8) is 0 Å². The van der Waals surface area contributed by atoms with Crippen molar-refractivity contribution in [2.45, 2.75) is 6.92 Å². The molecule has 1 aromatic heterocycles. The van der Waals surface area contributed by atoms with Crippen LogP contribution < -0.4 is 16.0 Å². The van der Waals surface area contributed by atoms with E-state index in [1.807, 2.05) is 19.1 Å². The smallest absolute Gasteiger partial charge is 0.293 e. The van der Waals surface area contributed by atoms with E-state index in [4.69, 9.17) is 10.5 Å². The summed E-state index contributed by atoms with van der Waals surface area (Å²) in [6.45, 7) is 2.33. The summed E-state index contributed by atoms with van der Waals surface area (Å²) in [7, 11) is 1.73. The molecule has 0 radical (unpaired) electrons. The van der Waals surface area contributed by atoms with Crippen LogP contribution in [0.5, 0.6) is 5.75 Å². The SMILES string of the molecule is CCOc1cc2cc(N)ccc2n(C)c1=O. The normalized spacial score (nSPS) is 10.6. The molecule has 0 aliphatic carbocycles. The highest BCUT2D eigenvalue weighted by atomic mass is 16.5. The third kappa shape index (κ3) is 1.62. The molecular weight excluding hydrogens is 204 g/mol. The number of nitrogens with two attached hydrogens (primary N) is 1. The Morgan fingerprint density at radius 3 is 2.81 bits per heavy atom. The van der Waals surface area contributed by atoms with Crippen molar-refractivity contribution in [1.29, 1.82) is 0 Å². The van der Waals surface area contributed by atoms with Crippen LogP contribution in [0.3, 0.4) is 0 Å². The van der Waals surface area contributed by atoms with Crippen LogP contribution in [0.4, 0.5) is 5.69 Å². The van der Waals surface area contributed by atoms with E-state index in [-0.39, 0.29) is 5.56 Å². The van der Waals surface area contributed by atoms with Crippen LogP contribution in [-0.2, 0) is 7.05 Å². The van der Waals surface area contributed by atoms with Gasteiger partial charge in [0, 0.05) is 18.1 Å². The summed E-state index contributed by atoms with van der Waals surface area (Å²) in [6, 6.07) is 7.18. The molecule has 0 unspecified atom stereocenters. The lowest BCUT2D eigenvalue weighted by Gasteiger charge is -2.09. The van der Waals surface area contributed by atoms with Gasteiger partial charge in [-0.1, -0.05) is 0 Å². The topological polar surface area (TPSA) is 57.2 Å². The number of rotatable bonds is 2. The van der Waals surface area contributed by atoms with Gasteiger partial charge in [0.1, 0.15) is 0 Å². The van der Waals surface area contributed by atoms with E-state index in [9.17, 15) is 4.79 Å². The van der Waals surface area contributed by atoms with Crippen LogP contribution >= 0.6 is 0 Å². The Kier molecular flexibility index (Phi) is 2.56. The molecule has 0 bridgehead atoms. The first-order valence-corrected chi connectivity index (χ1v) is 5.15. The van der Waals surface area contributed by atoms with E-state index in [1.54, 1.807) is 23.7 Å². The van der Waals surface area contributed by atoms with Gasteiger partial charge in [-0.2, -0.15) is 0 Å². The van der Waals surface area contributed by atoms with Gasteiger partial charge in [-0.15, -0.1) is 0 Å². The number of hydrogen-bond acceptors (Lipinski definition) is 3. The third-order valence-electron chi connectivity index (χ3n) is 2.51. The summed E-state index contributed by atoms with van der Waals surface area (Å²) in [5.41, 5.74) is 7.11. The molecule has 1 aromatic carbocycles. The summed E-state index contributed by atoms with van der Waals surface area (Å²) in [4.78, 5) is 11.9. The molecule has 0 amide bonds. The maximum Gasteiger partial charge on any atom is 0.293 e. The number of anilines is 1. The maximum atomic E-state index is 11.9. The Labute approximate surface area is 93.3 Å². The lowest BCUT2D eigenvalue weighted by molar-refractivity contribution is 0.334. The molecule has 4 heteroatoms. The Balaban J connectivity index is 2.78. The predicted molar refractivity (Wildman–Crippen MR) is 64.8 cm³/mol. The van der Waals surface area contributed by atoms with Gasteiger partial charge in [-0.3, -0.25) is 4.79 Å². The molecule has 0 aliphatic heterocycles. The molecule has 4 nitrogen and oxygen atoms in total. The lowest BCUT2D eigenvalue weighted by Crippen LogP contribution is -2.19. The number of pyridine rings is 1. The molecule has 1 heterocycles. The lowest BCUT2D eigenvalue weighted by atomic mass is 10.2. The third-order valence-corrected chi connectivity index (χ3v) is 2.51. The predicted octanol–water partition coefficient (Wildman–Crippen LogP) is 1.52. The largest absolute Gasteiger partial charge is 0.488 e. The van der Waals surface area contributed by atoms with Crippen molar-refractivity contribution in [2.75, 3.05) is 12.3 Å². The van der Waals surface area contributed by atoms with E-state index in [0.717, 1.165) is 10.9 Å². The fourth-order valence-corrected chi connectivity index (χ4v) is 1.73. The molecule has 2 aromatic rings. The van der Waals surface area contributed by atoms with E-state index >= 15 is 0 Å². The first-order chi connectivity index (χ1) is 7.63. The summed E-state index contributed by atoms with van der Waals surface area (Å²) in [5.74, 6) is 0.364. The number of hydrogen-bond donors (Lipinski definition) is 1. The van der Waals surface area contributed by atoms with Crippen LogP contribution in [0.2, 0.25) is 0 Å². The van der Waals surface area contributed by atoms with Crippen LogP contribution in [0.15, 0.2) is 29.1 Å². The number of nitrogen functional groups attached to an aromatic ring is 1. The molecular formula is C12H14N2O2. The van der Waals surface area contributed by atoms with Crippen molar-refractivity contribution < 1.29 is 4.74 Å². The number of fused-ring (bicyclic) bond motifs is 1. The van der Waals surface area contributed by atoms with Crippen LogP contribution in [0.1, 0.15) is 6.92 Å². The Morgan fingerprint density at radius 1 is 1.38 bits per heavy atom. The summed E-state index contributed by atoms with van der Waals surface area (Å²) in [5, 5.41) is 0.908.